The summed E-state index contributed by atoms with van der Waals surface area (Å²) in [6.07, 6.45) is 0.174. The lowest BCUT2D eigenvalue weighted by atomic mass is 10.1. The van der Waals surface area contributed by atoms with Gasteiger partial charge in [0.1, 0.15) is 0 Å². The zero-order valence-corrected chi connectivity index (χ0v) is 15.9. The number of anilines is 1. The maximum absolute atomic E-state index is 12.5. The van der Waals surface area contributed by atoms with E-state index in [-0.39, 0.29) is 36.3 Å². The number of ether oxygens (including phenoxy) is 2. The summed E-state index contributed by atoms with van der Waals surface area (Å²) < 4.78 is 34.5. The molecule has 8 heteroatoms. The van der Waals surface area contributed by atoms with Crippen molar-refractivity contribution in [3.63, 3.8) is 0 Å². The molecule has 28 heavy (non-hydrogen) atoms. The van der Waals surface area contributed by atoms with E-state index in [2.05, 4.69) is 10.1 Å². The van der Waals surface area contributed by atoms with Gasteiger partial charge in [0.2, 0.25) is 11.8 Å². The first kappa shape index (κ1) is 21.1. The largest absolute Gasteiger partial charge is 0.493 e. The molecule has 6 nitrogen and oxygen atoms in total. The summed E-state index contributed by atoms with van der Waals surface area (Å²) in [4.78, 5) is 25.0. The molecule has 2 amide bonds. The average Bonchev–Trinajstić information content (AvgIpc) is 2.62. The lowest BCUT2D eigenvalue weighted by Crippen LogP contribution is -2.27. The summed E-state index contributed by atoms with van der Waals surface area (Å²) in [6, 6.07) is 11.6. The smallest absolute Gasteiger partial charge is 0.387 e. The highest BCUT2D eigenvalue weighted by Crippen LogP contribution is 2.30. The van der Waals surface area contributed by atoms with Crippen LogP contribution in [0.2, 0.25) is 0 Å². The minimum Gasteiger partial charge on any atom is -0.493 e. The van der Waals surface area contributed by atoms with E-state index in [0.717, 1.165) is 5.56 Å². The molecule has 0 atom stereocenters. The molecule has 0 aliphatic rings. The molecule has 0 spiro atoms. The normalized spacial score (nSPS) is 10.5. The van der Waals surface area contributed by atoms with Crippen LogP contribution in [0.4, 0.5) is 14.5 Å². The summed E-state index contributed by atoms with van der Waals surface area (Å²) in [5, 5.41) is 2.66. The average molecular weight is 392 g/mol. The predicted octanol–water partition coefficient (Wildman–Crippen LogP) is 3.46. The van der Waals surface area contributed by atoms with E-state index in [4.69, 9.17) is 4.74 Å². The number of methoxy groups -OCH3 is 1. The van der Waals surface area contributed by atoms with Crippen LogP contribution >= 0.6 is 0 Å². The Kier molecular flexibility index (Phi) is 7.31. The summed E-state index contributed by atoms with van der Waals surface area (Å²) in [6.45, 7) is -1.32. The van der Waals surface area contributed by atoms with Crippen LogP contribution in [0.15, 0.2) is 42.5 Å². The minimum absolute atomic E-state index is 0.0793. The Morgan fingerprint density at radius 2 is 1.71 bits per heavy atom. The molecule has 150 valence electrons. The van der Waals surface area contributed by atoms with Crippen LogP contribution in [0, 0.1) is 0 Å². The Labute approximate surface area is 162 Å². The molecule has 1 N–H and O–H groups in total. The van der Waals surface area contributed by atoms with Gasteiger partial charge in [0.25, 0.3) is 0 Å². The number of nitrogens with one attached hydrogen (secondary N) is 1. The van der Waals surface area contributed by atoms with Gasteiger partial charge in [-0.1, -0.05) is 18.2 Å². The van der Waals surface area contributed by atoms with Crippen molar-refractivity contribution in [3.8, 4) is 11.5 Å². The van der Waals surface area contributed by atoms with Gasteiger partial charge >= 0.3 is 6.61 Å². The molecule has 0 radical (unpaired) electrons. The molecule has 0 heterocycles. The Balaban J connectivity index is 2.00. The predicted molar refractivity (Wildman–Crippen MR) is 101 cm³/mol. The quantitative estimate of drug-likeness (QED) is 0.747. The molecule has 0 saturated heterocycles. The van der Waals surface area contributed by atoms with Crippen molar-refractivity contribution in [3.05, 3.63) is 53.6 Å². The van der Waals surface area contributed by atoms with Crippen molar-refractivity contribution in [2.45, 2.75) is 26.5 Å². The van der Waals surface area contributed by atoms with E-state index >= 15 is 0 Å². The van der Waals surface area contributed by atoms with E-state index in [1.807, 2.05) is 0 Å². The maximum atomic E-state index is 12.5. The van der Waals surface area contributed by atoms with Crippen LogP contribution in [0.5, 0.6) is 11.5 Å². The lowest BCUT2D eigenvalue weighted by molar-refractivity contribution is -0.129. The molecule has 2 rings (SSSR count). The van der Waals surface area contributed by atoms with E-state index in [1.54, 1.807) is 37.4 Å². The number of rotatable bonds is 8. The fourth-order valence-electron chi connectivity index (χ4n) is 2.59. The number of hydrogen-bond donors (Lipinski definition) is 1. The van der Waals surface area contributed by atoms with Gasteiger partial charge in [-0.15, -0.1) is 0 Å². The molecule has 0 bridgehead atoms. The number of carbonyl (C=O) groups is 2. The third kappa shape index (κ3) is 6.22. The van der Waals surface area contributed by atoms with Gasteiger partial charge in [-0.05, 0) is 35.4 Å². The Bertz CT molecular complexity index is 825. The molecule has 0 aromatic heterocycles. The van der Waals surface area contributed by atoms with Crippen LogP contribution in [-0.2, 0) is 22.6 Å². The summed E-state index contributed by atoms with van der Waals surface area (Å²) >= 11 is 0. The first-order valence-electron chi connectivity index (χ1n) is 8.50. The van der Waals surface area contributed by atoms with Crippen molar-refractivity contribution < 1.29 is 27.8 Å². The molecule has 2 aromatic rings. The van der Waals surface area contributed by atoms with Crippen LogP contribution in [0.1, 0.15) is 18.1 Å². The van der Waals surface area contributed by atoms with Gasteiger partial charge in [0, 0.05) is 26.2 Å². The third-order valence-corrected chi connectivity index (χ3v) is 3.92. The Morgan fingerprint density at radius 3 is 2.29 bits per heavy atom. The van der Waals surface area contributed by atoms with Crippen LogP contribution in [0.3, 0.4) is 0 Å². The van der Waals surface area contributed by atoms with Gasteiger partial charge < -0.3 is 19.7 Å². The molecule has 0 fully saturated rings. The number of likely N-dealkylation sites (N-methyl/N-ethyl adjacent to an activating group) is 1. The number of nitrogens with zero attached hydrogens (tertiary/aromatic N) is 1. The van der Waals surface area contributed by atoms with Crippen LogP contribution < -0.4 is 14.8 Å². The number of hydrogen-bond acceptors (Lipinski definition) is 4. The minimum atomic E-state index is -2.97. The molecular weight excluding hydrogens is 370 g/mol. The maximum Gasteiger partial charge on any atom is 0.387 e. The number of benzene rings is 2. The second-order valence-corrected chi connectivity index (χ2v) is 6.17. The third-order valence-electron chi connectivity index (χ3n) is 3.92. The molecule has 2 aromatic carbocycles. The second kappa shape index (κ2) is 9.68. The van der Waals surface area contributed by atoms with Crippen molar-refractivity contribution in [1.82, 2.24) is 4.90 Å². The van der Waals surface area contributed by atoms with Crippen molar-refractivity contribution >= 4 is 17.5 Å². The number of amides is 2. The fraction of sp³-hybridized carbons (Fsp3) is 0.300. The number of halogens is 2. The number of carbonyl (C=O) groups excluding carboxylic acids is 2. The zero-order chi connectivity index (χ0) is 20.7. The Hall–Kier alpha value is -3.16. The zero-order valence-electron chi connectivity index (χ0n) is 15.9. The lowest BCUT2D eigenvalue weighted by Gasteiger charge is -2.19. The molecule has 0 aliphatic heterocycles. The first-order chi connectivity index (χ1) is 13.3. The highest BCUT2D eigenvalue weighted by Gasteiger charge is 2.14. The monoisotopic (exact) mass is 392 g/mol. The highest BCUT2D eigenvalue weighted by atomic mass is 19.3. The van der Waals surface area contributed by atoms with Gasteiger partial charge in [0.15, 0.2) is 11.5 Å². The van der Waals surface area contributed by atoms with Crippen LogP contribution in [0.25, 0.3) is 0 Å². The summed E-state index contributed by atoms with van der Waals surface area (Å²) in [5.74, 6) is -0.195. The summed E-state index contributed by atoms with van der Waals surface area (Å²) in [7, 11) is 2.99. The summed E-state index contributed by atoms with van der Waals surface area (Å²) in [5.41, 5.74) is 2.08. The van der Waals surface area contributed by atoms with Gasteiger partial charge in [0.05, 0.1) is 13.5 Å². The van der Waals surface area contributed by atoms with Gasteiger partial charge in [-0.25, -0.2) is 0 Å². The fourth-order valence-corrected chi connectivity index (χ4v) is 2.59. The standard InChI is InChI=1S/C20H22F2N2O4/c1-13(25)23-16-7-4-14(5-8-16)11-19(26)24(2)12-15-6-9-17(27-3)18(10-15)28-20(21)22/h4-10,20H,11-12H2,1-3H3,(H,23,25). The van der Waals surface area contributed by atoms with Gasteiger partial charge in [-0.3, -0.25) is 9.59 Å². The van der Waals surface area contributed by atoms with Crippen molar-refractivity contribution in [2.75, 3.05) is 19.5 Å². The molecule has 0 saturated carbocycles. The van der Waals surface area contributed by atoms with Crippen molar-refractivity contribution in [1.29, 1.82) is 0 Å². The molecule has 0 aliphatic carbocycles. The van der Waals surface area contributed by atoms with E-state index in [0.29, 0.717) is 11.3 Å². The SMILES string of the molecule is COc1ccc(CN(C)C(=O)Cc2ccc(NC(C)=O)cc2)cc1OC(F)F. The van der Waals surface area contributed by atoms with Gasteiger partial charge in [-0.2, -0.15) is 8.78 Å². The van der Waals surface area contributed by atoms with Crippen LogP contribution in [-0.4, -0.2) is 37.5 Å². The second-order valence-electron chi connectivity index (χ2n) is 6.17. The Morgan fingerprint density at radius 1 is 1.07 bits per heavy atom. The molecular formula is C20H22F2N2O4. The van der Waals surface area contributed by atoms with E-state index in [1.165, 1.54) is 31.1 Å². The molecule has 0 unspecified atom stereocenters. The number of alkyl halides is 2. The van der Waals surface area contributed by atoms with E-state index < -0.39 is 6.61 Å². The topological polar surface area (TPSA) is 67.9 Å². The first-order valence-corrected chi connectivity index (χ1v) is 8.50. The van der Waals surface area contributed by atoms with Crippen molar-refractivity contribution in [2.24, 2.45) is 0 Å². The van der Waals surface area contributed by atoms with E-state index in [9.17, 15) is 18.4 Å². The highest BCUT2D eigenvalue weighted by molar-refractivity contribution is 5.88.